The van der Waals surface area contributed by atoms with E-state index in [2.05, 4.69) is 41.4 Å². The average Bonchev–Trinajstić information content (AvgIpc) is 2.62. The van der Waals surface area contributed by atoms with Crippen molar-refractivity contribution in [2.75, 3.05) is 13.1 Å². The predicted octanol–water partition coefficient (Wildman–Crippen LogP) is -10.4. The van der Waals surface area contributed by atoms with Gasteiger partial charge in [0.1, 0.15) is 12.2 Å². The number of hydrogen-bond acceptors (Lipinski definition) is 9. The molecule has 2 aliphatic rings. The Morgan fingerprint density at radius 1 is 0.821 bits per heavy atom. The van der Waals surface area contributed by atoms with Crippen LogP contribution in [0.25, 0.3) is 0 Å². The summed E-state index contributed by atoms with van der Waals surface area (Å²) < 4.78 is 0. The second-order valence-electron chi connectivity index (χ2n) is 12.2. The molecule has 0 aromatic carbocycles. The van der Waals surface area contributed by atoms with Crippen molar-refractivity contribution in [1.82, 2.24) is 10.6 Å². The minimum Gasteiger partial charge on any atom is -1.00 e. The minimum absolute atomic E-state index is 0. The monoisotopic (exact) mass is 836 g/mol. The summed E-state index contributed by atoms with van der Waals surface area (Å²) in [4.78, 5) is 49.1. The number of carbonyl (C=O) groups excluding carboxylic acids is 4. The Morgan fingerprint density at radius 3 is 1.79 bits per heavy atom. The van der Waals surface area contributed by atoms with Gasteiger partial charge in [0.25, 0.3) is 0 Å². The molecule has 3 N–H and O–H groups in total. The Labute approximate surface area is 429 Å². The molecule has 0 aliphatic heterocycles. The molecule has 0 saturated heterocycles. The summed E-state index contributed by atoms with van der Waals surface area (Å²) >= 11 is 0. The van der Waals surface area contributed by atoms with Crippen molar-refractivity contribution in [3.8, 4) is 0 Å². The van der Waals surface area contributed by atoms with Gasteiger partial charge in [-0.3, -0.25) is 0 Å². The number of nitrogens with zero attached hydrogens (tertiary/aromatic N) is 2. The topological polar surface area (TPSA) is 193 Å². The minimum atomic E-state index is -1.30. The number of carbonyl (C=O) groups is 2. The summed E-state index contributed by atoms with van der Waals surface area (Å²) in [6, 6.07) is -0.194. The summed E-state index contributed by atoms with van der Waals surface area (Å²) in [6.07, 6.45) is 5.43. The molecule has 11 nitrogen and oxygen atoms in total. The van der Waals surface area contributed by atoms with E-state index in [-0.39, 0.29) is 280 Å². The first-order valence-corrected chi connectivity index (χ1v) is 11.6. The van der Waals surface area contributed by atoms with Gasteiger partial charge in [-0.1, -0.05) is 41.5 Å². The molecule has 39 heavy (non-hydrogen) atoms. The van der Waals surface area contributed by atoms with Crippen molar-refractivity contribution < 1.29 is 269 Å². The van der Waals surface area contributed by atoms with E-state index >= 15 is 0 Å². The second kappa shape index (κ2) is 24.6. The zero-order valence-electron chi connectivity index (χ0n) is 26.6. The Balaban J connectivity index is -0.000000126. The van der Waals surface area contributed by atoms with Gasteiger partial charge in [0.2, 0.25) is 12.2 Å². The molecule has 0 bridgehead atoms. The maximum absolute atomic E-state index is 10.6. The molecule has 4 atom stereocenters. The van der Waals surface area contributed by atoms with Gasteiger partial charge in [0.05, 0.1) is 12.6 Å². The summed E-state index contributed by atoms with van der Waals surface area (Å²) in [7, 11) is 0. The number of rotatable bonds is 6. The van der Waals surface area contributed by atoms with Gasteiger partial charge in [-0.05, 0) is 60.2 Å². The van der Waals surface area contributed by atoms with E-state index in [1.54, 1.807) is 12.2 Å². The van der Waals surface area contributed by atoms with Crippen LogP contribution in [0.5, 0.6) is 0 Å². The number of isocyanates is 2. The first kappa shape index (κ1) is 53.0. The molecule has 2 amide bonds. The van der Waals surface area contributed by atoms with E-state index in [1.807, 2.05) is 20.8 Å². The third-order valence-electron chi connectivity index (χ3n) is 6.61. The molecule has 2 aliphatic carbocycles. The van der Waals surface area contributed by atoms with Crippen molar-refractivity contribution in [2.45, 2.75) is 92.2 Å². The van der Waals surface area contributed by atoms with Crippen molar-refractivity contribution in [2.24, 2.45) is 31.6 Å². The first-order chi connectivity index (χ1) is 15.5. The summed E-state index contributed by atoms with van der Waals surface area (Å²) in [5.74, 6) is 0. The Morgan fingerprint density at radius 2 is 1.33 bits per heavy atom. The fourth-order valence-corrected chi connectivity index (χ4v) is 6.41. The van der Waals surface area contributed by atoms with Crippen LogP contribution in [0.2, 0.25) is 0 Å². The molecule has 2 fully saturated rings. The quantitative estimate of drug-likeness (QED) is 0.196. The zero-order valence-corrected chi connectivity index (χ0v) is 45.3. The normalized spacial score (nSPS) is 27.3. The average molecular weight is 838 g/mol. The van der Waals surface area contributed by atoms with Gasteiger partial charge in [-0.15, -0.1) is 0 Å². The van der Waals surface area contributed by atoms with Crippen molar-refractivity contribution in [3.05, 3.63) is 0 Å². The number of nitrogens with one attached hydrogen (secondary N) is 2. The van der Waals surface area contributed by atoms with E-state index in [4.69, 9.17) is 0 Å². The Bertz CT molecular complexity index is 859. The van der Waals surface area contributed by atoms with Crippen molar-refractivity contribution >= 4 is 24.3 Å². The van der Waals surface area contributed by atoms with Gasteiger partial charge in [0.15, 0.2) is 0 Å². The third-order valence-corrected chi connectivity index (χ3v) is 6.61. The molecular formula is C24H40N4O7Rb4. The van der Waals surface area contributed by atoms with Crippen molar-refractivity contribution in [3.63, 3.8) is 0 Å². The van der Waals surface area contributed by atoms with Crippen LogP contribution in [0, 0.1) is 21.7 Å². The van der Waals surface area contributed by atoms with Crippen LogP contribution in [0.1, 0.15) is 81.5 Å². The summed E-state index contributed by atoms with van der Waals surface area (Å²) in [6.45, 7) is 13.2. The molecule has 0 heterocycles. The first-order valence-electron chi connectivity index (χ1n) is 11.6. The molecule has 2 saturated carbocycles. The molecule has 202 valence electrons. The fraction of sp³-hybridized carbons (Fsp3) is 0.833. The summed E-state index contributed by atoms with van der Waals surface area (Å²) in [5, 5.41) is 25.8. The molecule has 4 unspecified atom stereocenters. The molecule has 0 radical (unpaired) electrons. The van der Waals surface area contributed by atoms with Crippen LogP contribution in [0.4, 0.5) is 9.59 Å². The van der Waals surface area contributed by atoms with Crippen molar-refractivity contribution in [1.29, 1.82) is 0 Å². The third kappa shape index (κ3) is 23.5. The van der Waals surface area contributed by atoms with E-state index in [0.717, 1.165) is 32.1 Å². The van der Waals surface area contributed by atoms with Crippen LogP contribution >= 0.6 is 0 Å². The van der Waals surface area contributed by atoms with Crippen LogP contribution in [-0.2, 0) is 9.59 Å². The van der Waals surface area contributed by atoms with Crippen LogP contribution < -0.4 is 254 Å². The molecule has 15 heteroatoms. The molecular weight excluding hydrogens is 798 g/mol. The largest absolute Gasteiger partial charge is 1.00 e. The maximum atomic E-state index is 10.6. The van der Waals surface area contributed by atoms with Gasteiger partial charge in [-0.25, -0.2) is 19.6 Å². The van der Waals surface area contributed by atoms with Crippen LogP contribution in [0.3, 0.4) is 0 Å². The van der Waals surface area contributed by atoms with E-state index in [9.17, 15) is 29.4 Å². The predicted molar refractivity (Wildman–Crippen MR) is 125 cm³/mol. The SMILES string of the molecule is CC1(C)CC(N=C=O)CC(C)(CN=C=O)C1.CC1(C)CC(NC(=O)[O-])CC(C)(CNC(=O)[O-])C1.[H-].[OH-].[Rb+].[Rb+].[Rb+].[Rb+]. The van der Waals surface area contributed by atoms with Crippen LogP contribution in [0.15, 0.2) is 9.98 Å². The number of hydrogen-bond donors (Lipinski definition) is 2. The molecule has 0 aromatic rings. The number of carboxylic acid groups (broad SMARTS) is 2. The number of aliphatic imine (C=N–C) groups is 2. The maximum Gasteiger partial charge on any atom is 1.00 e. The fourth-order valence-electron chi connectivity index (χ4n) is 6.41. The molecule has 0 aromatic heterocycles. The van der Waals surface area contributed by atoms with Gasteiger partial charge in [0, 0.05) is 12.6 Å². The summed E-state index contributed by atoms with van der Waals surface area (Å²) in [5.41, 5.74) is -0.275. The molecule has 2 rings (SSSR count). The van der Waals surface area contributed by atoms with Crippen LogP contribution in [-0.4, -0.2) is 55.0 Å². The number of amides is 2. The van der Waals surface area contributed by atoms with Gasteiger partial charge in [-0.2, -0.15) is 0 Å². The zero-order chi connectivity index (χ0) is 26.2. The Hall–Kier alpha value is 4.48. The van der Waals surface area contributed by atoms with Gasteiger partial charge < -0.3 is 37.3 Å². The Kier molecular flexibility index (Phi) is 33.5. The molecule has 0 spiro atoms. The smallest absolute Gasteiger partial charge is 1.00 e. The van der Waals surface area contributed by atoms with E-state index in [1.165, 1.54) is 0 Å². The van der Waals surface area contributed by atoms with E-state index in [0.29, 0.717) is 13.0 Å². The van der Waals surface area contributed by atoms with E-state index < -0.39 is 12.2 Å². The van der Waals surface area contributed by atoms with Gasteiger partial charge >= 0.3 is 233 Å². The standard InChI is InChI=1S/C12H22N2O4.C12H18N2O2.H2O.4Rb.H/c1-11(2)4-8(14-10(17)18)5-12(3,6-11)7-13-9(15)16;1-11(2)4-10(14-9-16)5-12(3,6-11)7-13-8-15;;;;;;/h8,13-14H,4-7H2,1-3H3,(H,15,16)(H,17,18);10H,4-7H2,1-3H3;1H2;;;;;/q;;;4*+1;-1/p-3. The second-order valence-corrected chi connectivity index (χ2v) is 12.2.